The second-order valence-corrected chi connectivity index (χ2v) is 3.71. The average Bonchev–Trinajstić information content (AvgIpc) is 2.70. The zero-order valence-electron chi connectivity index (χ0n) is 8.77. The predicted molar refractivity (Wildman–Crippen MR) is 58.6 cm³/mol. The van der Waals surface area contributed by atoms with Gasteiger partial charge in [0.15, 0.2) is 0 Å². The molecule has 0 aliphatic rings. The summed E-state index contributed by atoms with van der Waals surface area (Å²) in [6.45, 7) is 1.79. The van der Waals surface area contributed by atoms with Crippen molar-refractivity contribution in [1.82, 2.24) is 9.97 Å². The number of para-hydroxylation sites is 1. The molecule has 0 aliphatic carbocycles. The Morgan fingerprint density at radius 3 is 2.94 bits per heavy atom. The van der Waals surface area contributed by atoms with Crippen LogP contribution in [0.15, 0.2) is 18.2 Å². The molecule has 5 nitrogen and oxygen atoms in total. The predicted octanol–water partition coefficient (Wildman–Crippen LogP) is 1.36. The van der Waals surface area contributed by atoms with Crippen LogP contribution in [0.4, 0.5) is 0 Å². The number of carboxylic acid groups (broad SMARTS) is 1. The maximum Gasteiger partial charge on any atom is 0.337 e. The number of aromatic nitrogens is 2. The molecule has 1 aromatic heterocycles. The van der Waals surface area contributed by atoms with E-state index < -0.39 is 5.97 Å². The van der Waals surface area contributed by atoms with Crippen LogP contribution in [0.5, 0.6) is 0 Å². The number of rotatable bonds is 3. The molecule has 16 heavy (non-hydrogen) atoms. The third-order valence-corrected chi connectivity index (χ3v) is 2.50. The number of carboxylic acids is 1. The lowest BCUT2D eigenvalue weighted by atomic mass is 10.2. The van der Waals surface area contributed by atoms with E-state index in [0.29, 0.717) is 16.9 Å². The highest BCUT2D eigenvalue weighted by Gasteiger charge is 2.14. The van der Waals surface area contributed by atoms with Crippen molar-refractivity contribution in [2.45, 2.75) is 12.8 Å². The SMILES string of the molecule is C[C@@H](CO)c1nc2c(C(=O)O)cccc2[nH]1. The van der Waals surface area contributed by atoms with Gasteiger partial charge in [-0.2, -0.15) is 0 Å². The summed E-state index contributed by atoms with van der Waals surface area (Å²) >= 11 is 0. The molecule has 0 unspecified atom stereocenters. The number of fused-ring (bicyclic) bond motifs is 1. The summed E-state index contributed by atoms with van der Waals surface area (Å²) in [5, 5.41) is 18.0. The van der Waals surface area contributed by atoms with Gasteiger partial charge in [-0.05, 0) is 12.1 Å². The van der Waals surface area contributed by atoms with Crippen LogP contribution in [0, 0.1) is 0 Å². The number of imidazole rings is 1. The van der Waals surface area contributed by atoms with Gasteiger partial charge in [0.05, 0.1) is 17.7 Å². The number of hydrogen-bond donors (Lipinski definition) is 3. The molecule has 0 radical (unpaired) electrons. The van der Waals surface area contributed by atoms with Crippen molar-refractivity contribution in [3.8, 4) is 0 Å². The summed E-state index contributed by atoms with van der Waals surface area (Å²) in [6.07, 6.45) is 0. The van der Waals surface area contributed by atoms with Crippen LogP contribution in [0.25, 0.3) is 11.0 Å². The summed E-state index contributed by atoms with van der Waals surface area (Å²) in [6, 6.07) is 4.94. The molecular formula is C11H12N2O3. The molecule has 0 saturated heterocycles. The number of aromatic amines is 1. The number of hydrogen-bond acceptors (Lipinski definition) is 3. The topological polar surface area (TPSA) is 86.2 Å². The van der Waals surface area contributed by atoms with E-state index in [1.165, 1.54) is 6.07 Å². The molecule has 1 aromatic carbocycles. The molecule has 0 aliphatic heterocycles. The standard InChI is InChI=1S/C11H12N2O3/c1-6(5-14)10-12-8-4-2-3-7(11(15)16)9(8)13-10/h2-4,6,14H,5H2,1H3,(H,12,13)(H,15,16)/t6-/m0/s1. The van der Waals surface area contributed by atoms with E-state index in [-0.39, 0.29) is 18.1 Å². The van der Waals surface area contributed by atoms with Crippen molar-refractivity contribution < 1.29 is 15.0 Å². The lowest BCUT2D eigenvalue weighted by Crippen LogP contribution is -2.01. The molecule has 1 atom stereocenters. The van der Waals surface area contributed by atoms with E-state index in [1.807, 2.05) is 6.92 Å². The van der Waals surface area contributed by atoms with Crippen LogP contribution in [0.1, 0.15) is 29.0 Å². The first-order valence-corrected chi connectivity index (χ1v) is 4.96. The lowest BCUT2D eigenvalue weighted by molar-refractivity contribution is 0.0699. The number of carbonyl (C=O) groups is 1. The number of aliphatic hydroxyl groups is 1. The van der Waals surface area contributed by atoms with Gasteiger partial charge in [-0.1, -0.05) is 13.0 Å². The van der Waals surface area contributed by atoms with Crippen molar-refractivity contribution in [3.63, 3.8) is 0 Å². The number of aliphatic hydroxyl groups excluding tert-OH is 1. The number of aromatic carboxylic acids is 1. The van der Waals surface area contributed by atoms with Gasteiger partial charge in [-0.25, -0.2) is 9.78 Å². The quantitative estimate of drug-likeness (QED) is 0.728. The summed E-state index contributed by atoms with van der Waals surface area (Å²) in [5.74, 6) is -0.527. The van der Waals surface area contributed by atoms with E-state index in [9.17, 15) is 4.79 Å². The third-order valence-electron chi connectivity index (χ3n) is 2.50. The minimum Gasteiger partial charge on any atom is -0.478 e. The van der Waals surface area contributed by atoms with Crippen molar-refractivity contribution in [1.29, 1.82) is 0 Å². The van der Waals surface area contributed by atoms with E-state index in [4.69, 9.17) is 10.2 Å². The number of benzene rings is 1. The Morgan fingerprint density at radius 1 is 1.56 bits per heavy atom. The van der Waals surface area contributed by atoms with Crippen LogP contribution in [0.2, 0.25) is 0 Å². The Kier molecular flexibility index (Phi) is 2.62. The smallest absolute Gasteiger partial charge is 0.337 e. The highest BCUT2D eigenvalue weighted by Crippen LogP contribution is 2.20. The van der Waals surface area contributed by atoms with Gasteiger partial charge >= 0.3 is 5.97 Å². The fraction of sp³-hybridized carbons (Fsp3) is 0.273. The van der Waals surface area contributed by atoms with E-state index in [1.54, 1.807) is 12.1 Å². The zero-order chi connectivity index (χ0) is 11.7. The second-order valence-electron chi connectivity index (χ2n) is 3.71. The molecule has 0 fully saturated rings. The van der Waals surface area contributed by atoms with Gasteiger partial charge in [0, 0.05) is 5.92 Å². The van der Waals surface area contributed by atoms with Crippen LogP contribution >= 0.6 is 0 Å². The maximum absolute atomic E-state index is 11.0. The molecule has 2 aromatic rings. The highest BCUT2D eigenvalue weighted by molar-refractivity contribution is 6.00. The summed E-state index contributed by atoms with van der Waals surface area (Å²) in [4.78, 5) is 18.2. The van der Waals surface area contributed by atoms with Crippen molar-refractivity contribution in [2.75, 3.05) is 6.61 Å². The van der Waals surface area contributed by atoms with E-state index >= 15 is 0 Å². The Bertz CT molecular complexity index is 533. The number of nitrogens with zero attached hydrogens (tertiary/aromatic N) is 1. The second kappa shape index (κ2) is 3.94. The van der Waals surface area contributed by atoms with Gasteiger partial charge < -0.3 is 15.2 Å². The van der Waals surface area contributed by atoms with Crippen LogP contribution < -0.4 is 0 Å². The van der Waals surface area contributed by atoms with Gasteiger partial charge in [0.1, 0.15) is 11.3 Å². The molecule has 1 heterocycles. The fourth-order valence-electron chi connectivity index (χ4n) is 1.54. The molecule has 3 N–H and O–H groups in total. The normalized spacial score (nSPS) is 12.9. The highest BCUT2D eigenvalue weighted by atomic mass is 16.4. The largest absolute Gasteiger partial charge is 0.478 e. The Morgan fingerprint density at radius 2 is 2.31 bits per heavy atom. The van der Waals surface area contributed by atoms with Gasteiger partial charge in [0.2, 0.25) is 0 Å². The van der Waals surface area contributed by atoms with Gasteiger partial charge in [-0.3, -0.25) is 0 Å². The monoisotopic (exact) mass is 220 g/mol. The number of H-pyrrole nitrogens is 1. The first-order valence-electron chi connectivity index (χ1n) is 4.96. The van der Waals surface area contributed by atoms with Crippen LogP contribution in [-0.2, 0) is 0 Å². The van der Waals surface area contributed by atoms with Crippen molar-refractivity contribution in [3.05, 3.63) is 29.6 Å². The first-order chi connectivity index (χ1) is 7.63. The lowest BCUT2D eigenvalue weighted by Gasteiger charge is -2.01. The van der Waals surface area contributed by atoms with Gasteiger partial charge in [0.25, 0.3) is 0 Å². The van der Waals surface area contributed by atoms with Crippen LogP contribution in [0.3, 0.4) is 0 Å². The molecular weight excluding hydrogens is 208 g/mol. The zero-order valence-corrected chi connectivity index (χ0v) is 8.77. The third kappa shape index (κ3) is 1.65. The Hall–Kier alpha value is -1.88. The van der Waals surface area contributed by atoms with Crippen molar-refractivity contribution >= 4 is 17.0 Å². The summed E-state index contributed by atoms with van der Waals surface area (Å²) < 4.78 is 0. The number of nitrogens with one attached hydrogen (secondary N) is 1. The molecule has 0 amide bonds. The summed E-state index contributed by atoms with van der Waals surface area (Å²) in [7, 11) is 0. The molecule has 84 valence electrons. The van der Waals surface area contributed by atoms with Gasteiger partial charge in [-0.15, -0.1) is 0 Å². The first kappa shape index (κ1) is 10.6. The van der Waals surface area contributed by atoms with Crippen molar-refractivity contribution in [2.24, 2.45) is 0 Å². The Balaban J connectivity index is 2.61. The van der Waals surface area contributed by atoms with E-state index in [2.05, 4.69) is 9.97 Å². The minimum absolute atomic E-state index is 0.0256. The molecule has 0 bridgehead atoms. The van der Waals surface area contributed by atoms with E-state index in [0.717, 1.165) is 0 Å². The average molecular weight is 220 g/mol. The minimum atomic E-state index is -1.000. The molecule has 5 heteroatoms. The molecule has 2 rings (SSSR count). The van der Waals surface area contributed by atoms with Crippen LogP contribution in [-0.4, -0.2) is 32.8 Å². The Labute approximate surface area is 91.8 Å². The maximum atomic E-state index is 11.0. The molecule has 0 saturated carbocycles. The fourth-order valence-corrected chi connectivity index (χ4v) is 1.54. The molecule has 0 spiro atoms. The summed E-state index contributed by atoms with van der Waals surface area (Å²) in [5.41, 5.74) is 1.28.